The number of carbonyl (C=O) groups excluding carboxylic acids is 1. The van der Waals surface area contributed by atoms with Gasteiger partial charge in [0.25, 0.3) is 5.69 Å². The first-order chi connectivity index (χ1) is 14.6. The van der Waals surface area contributed by atoms with Crippen LogP contribution in [0.1, 0.15) is 17.5 Å². The summed E-state index contributed by atoms with van der Waals surface area (Å²) in [5, 5.41) is 16.9. The third kappa shape index (κ3) is 6.07. The number of hydrogen-bond acceptors (Lipinski definition) is 5. The molecule has 0 fully saturated rings. The molecule has 0 radical (unpaired) electrons. The van der Waals surface area contributed by atoms with E-state index >= 15 is 0 Å². The summed E-state index contributed by atoms with van der Waals surface area (Å²) >= 11 is 0. The lowest BCUT2D eigenvalue weighted by Gasteiger charge is -2.12. The molecule has 0 atom stereocenters. The van der Waals surface area contributed by atoms with Crippen LogP contribution >= 0.6 is 0 Å². The van der Waals surface area contributed by atoms with Gasteiger partial charge in [0.15, 0.2) is 0 Å². The molecule has 0 bridgehead atoms. The number of hydrogen-bond donors (Lipinski definition) is 2. The molecule has 0 unspecified atom stereocenters. The molecule has 7 heteroatoms. The molecule has 0 heterocycles. The minimum Gasteiger partial charge on any atom is -0.489 e. The number of nitrogens with one attached hydrogen (secondary N) is 2. The van der Waals surface area contributed by atoms with Crippen molar-refractivity contribution in [3.8, 4) is 5.75 Å². The summed E-state index contributed by atoms with van der Waals surface area (Å²) in [5.41, 5.74) is 2.37. The molecule has 3 rings (SSSR count). The average molecular weight is 405 g/mol. The number of anilines is 1. The fourth-order valence-electron chi connectivity index (χ4n) is 2.92. The van der Waals surface area contributed by atoms with Crippen LogP contribution < -0.4 is 15.4 Å². The van der Waals surface area contributed by atoms with E-state index in [0.29, 0.717) is 25.4 Å². The number of para-hydroxylation sites is 3. The molecule has 2 N–H and O–H groups in total. The van der Waals surface area contributed by atoms with Gasteiger partial charge in [0.1, 0.15) is 18.0 Å². The molecule has 0 aliphatic rings. The van der Waals surface area contributed by atoms with Crippen LogP contribution in [0.3, 0.4) is 0 Å². The first-order valence-electron chi connectivity index (χ1n) is 9.62. The van der Waals surface area contributed by atoms with E-state index in [4.69, 9.17) is 4.74 Å². The van der Waals surface area contributed by atoms with Gasteiger partial charge in [0, 0.05) is 25.6 Å². The number of rotatable bonds is 10. The summed E-state index contributed by atoms with van der Waals surface area (Å²) in [6.07, 6.45) is 0.203. The van der Waals surface area contributed by atoms with E-state index < -0.39 is 4.92 Å². The van der Waals surface area contributed by atoms with Crippen LogP contribution in [0, 0.1) is 10.1 Å². The van der Waals surface area contributed by atoms with E-state index in [0.717, 1.165) is 16.9 Å². The Hall–Kier alpha value is -3.87. The van der Waals surface area contributed by atoms with Gasteiger partial charge < -0.3 is 15.4 Å². The Balaban J connectivity index is 1.47. The highest BCUT2D eigenvalue weighted by atomic mass is 16.6. The molecule has 30 heavy (non-hydrogen) atoms. The number of ether oxygens (including phenoxy) is 1. The fourth-order valence-corrected chi connectivity index (χ4v) is 2.92. The molecular formula is C23H23N3O4. The number of nitrogens with zero attached hydrogens (tertiary/aromatic N) is 1. The normalized spacial score (nSPS) is 10.3. The van der Waals surface area contributed by atoms with Crippen molar-refractivity contribution in [2.45, 2.75) is 19.6 Å². The van der Waals surface area contributed by atoms with Crippen molar-refractivity contribution in [2.75, 3.05) is 11.9 Å². The van der Waals surface area contributed by atoms with E-state index in [1.54, 1.807) is 18.2 Å². The standard InChI is InChI=1S/C23H23N3O4/c27-23(14-15-24-21-12-6-7-13-22(21)26(28)29)25-16-18-8-4-5-9-19(18)17-30-20-10-2-1-3-11-20/h1-13,24H,14-17H2,(H,25,27). The number of nitro groups is 1. The smallest absolute Gasteiger partial charge is 0.292 e. The molecule has 3 aromatic carbocycles. The summed E-state index contributed by atoms with van der Waals surface area (Å²) in [4.78, 5) is 22.8. The van der Waals surface area contributed by atoms with Crippen molar-refractivity contribution < 1.29 is 14.5 Å². The van der Waals surface area contributed by atoms with Gasteiger partial charge in [-0.15, -0.1) is 0 Å². The van der Waals surface area contributed by atoms with Crippen LogP contribution in [-0.4, -0.2) is 17.4 Å². The zero-order valence-electron chi connectivity index (χ0n) is 16.4. The van der Waals surface area contributed by atoms with Crippen molar-refractivity contribution in [2.24, 2.45) is 0 Å². The third-order valence-electron chi connectivity index (χ3n) is 4.50. The Morgan fingerprint density at radius 2 is 1.57 bits per heavy atom. The minimum atomic E-state index is -0.448. The maximum Gasteiger partial charge on any atom is 0.292 e. The van der Waals surface area contributed by atoms with Gasteiger partial charge in [-0.1, -0.05) is 54.6 Å². The fraction of sp³-hybridized carbons (Fsp3) is 0.174. The molecule has 1 amide bonds. The highest BCUT2D eigenvalue weighted by molar-refractivity contribution is 5.76. The maximum absolute atomic E-state index is 12.2. The van der Waals surface area contributed by atoms with Gasteiger partial charge in [-0.3, -0.25) is 14.9 Å². The first kappa shape index (κ1) is 20.9. The molecule has 0 aliphatic heterocycles. The lowest BCUT2D eigenvalue weighted by Crippen LogP contribution is -2.25. The molecule has 0 aliphatic carbocycles. The van der Waals surface area contributed by atoms with E-state index in [2.05, 4.69) is 10.6 Å². The van der Waals surface area contributed by atoms with Gasteiger partial charge in [-0.05, 0) is 29.3 Å². The van der Waals surface area contributed by atoms with Gasteiger partial charge in [-0.2, -0.15) is 0 Å². The Morgan fingerprint density at radius 1 is 0.900 bits per heavy atom. The number of benzene rings is 3. The Kier molecular flexibility index (Phi) is 7.38. The van der Waals surface area contributed by atoms with Crippen LogP contribution in [0.15, 0.2) is 78.9 Å². The monoisotopic (exact) mass is 405 g/mol. The van der Waals surface area contributed by atoms with Crippen LogP contribution in [0.2, 0.25) is 0 Å². The SMILES string of the molecule is O=C(CCNc1ccccc1[N+](=O)[O-])NCc1ccccc1COc1ccccc1. The highest BCUT2D eigenvalue weighted by Crippen LogP contribution is 2.22. The van der Waals surface area contributed by atoms with Crippen LogP contribution in [0.4, 0.5) is 11.4 Å². The second kappa shape index (κ2) is 10.6. The van der Waals surface area contributed by atoms with E-state index in [1.807, 2.05) is 54.6 Å². The molecule has 154 valence electrons. The molecular weight excluding hydrogens is 382 g/mol. The van der Waals surface area contributed by atoms with E-state index in [-0.39, 0.29) is 18.0 Å². The number of carbonyl (C=O) groups is 1. The molecule has 0 aromatic heterocycles. The Morgan fingerprint density at radius 3 is 2.33 bits per heavy atom. The summed E-state index contributed by atoms with van der Waals surface area (Å²) in [6, 6.07) is 23.7. The number of amides is 1. The summed E-state index contributed by atoms with van der Waals surface area (Å²) in [7, 11) is 0. The predicted octanol–water partition coefficient (Wildman–Crippen LogP) is 4.29. The quantitative estimate of drug-likeness (QED) is 0.388. The average Bonchev–Trinajstić information content (AvgIpc) is 2.77. The lowest BCUT2D eigenvalue weighted by atomic mass is 10.1. The lowest BCUT2D eigenvalue weighted by molar-refractivity contribution is -0.384. The minimum absolute atomic E-state index is 0.00903. The van der Waals surface area contributed by atoms with Crippen LogP contribution in [0.25, 0.3) is 0 Å². The second-order valence-corrected chi connectivity index (χ2v) is 6.60. The number of nitro benzene ring substituents is 1. The largest absolute Gasteiger partial charge is 0.489 e. The van der Waals surface area contributed by atoms with Gasteiger partial charge in [0.05, 0.1) is 4.92 Å². The van der Waals surface area contributed by atoms with Crippen molar-refractivity contribution in [1.29, 1.82) is 0 Å². The molecule has 3 aromatic rings. The Labute approximate surface area is 174 Å². The van der Waals surface area contributed by atoms with Crippen molar-refractivity contribution in [3.05, 3.63) is 100 Å². The maximum atomic E-state index is 12.2. The summed E-state index contributed by atoms with van der Waals surface area (Å²) < 4.78 is 5.81. The van der Waals surface area contributed by atoms with E-state index in [9.17, 15) is 14.9 Å². The van der Waals surface area contributed by atoms with Crippen LogP contribution in [0.5, 0.6) is 5.75 Å². The molecule has 0 spiro atoms. The highest BCUT2D eigenvalue weighted by Gasteiger charge is 2.12. The van der Waals surface area contributed by atoms with Crippen molar-refractivity contribution in [1.82, 2.24) is 5.32 Å². The molecule has 7 nitrogen and oxygen atoms in total. The Bertz CT molecular complexity index is 993. The van der Waals surface area contributed by atoms with Gasteiger partial charge >= 0.3 is 0 Å². The summed E-state index contributed by atoms with van der Waals surface area (Å²) in [5.74, 6) is 0.650. The molecule has 0 saturated heterocycles. The molecule has 0 saturated carbocycles. The zero-order chi connectivity index (χ0) is 21.2. The topological polar surface area (TPSA) is 93.5 Å². The zero-order valence-corrected chi connectivity index (χ0v) is 16.4. The first-order valence-corrected chi connectivity index (χ1v) is 9.62. The summed E-state index contributed by atoms with van der Waals surface area (Å²) in [6.45, 7) is 1.10. The van der Waals surface area contributed by atoms with Gasteiger partial charge in [-0.25, -0.2) is 0 Å². The van der Waals surface area contributed by atoms with Crippen LogP contribution in [-0.2, 0) is 17.9 Å². The predicted molar refractivity (Wildman–Crippen MR) is 115 cm³/mol. The third-order valence-corrected chi connectivity index (χ3v) is 4.50. The van der Waals surface area contributed by atoms with Crippen molar-refractivity contribution in [3.63, 3.8) is 0 Å². The van der Waals surface area contributed by atoms with E-state index in [1.165, 1.54) is 6.07 Å². The second-order valence-electron chi connectivity index (χ2n) is 6.60. The van der Waals surface area contributed by atoms with Gasteiger partial charge in [0.2, 0.25) is 5.91 Å². The van der Waals surface area contributed by atoms with Crippen molar-refractivity contribution >= 4 is 17.3 Å².